The van der Waals surface area contributed by atoms with Crippen molar-refractivity contribution in [3.8, 4) is 0 Å². The highest BCUT2D eigenvalue weighted by atomic mass is 16.5. The number of amides is 1. The summed E-state index contributed by atoms with van der Waals surface area (Å²) in [5.74, 6) is 0. The molecular weight excluding hydrogens is 378 g/mol. The molecule has 30 heavy (non-hydrogen) atoms. The lowest BCUT2D eigenvalue weighted by Crippen LogP contribution is -2.18. The molecule has 2 N–H and O–H groups in total. The molecule has 1 aromatic heterocycles. The SMILES string of the molecule is CNC(=O)OCc1cccc(Nc2c3ccccc3nc3ccc(COC)cc23)c1. The van der Waals surface area contributed by atoms with Crippen molar-refractivity contribution < 1.29 is 14.3 Å². The maximum absolute atomic E-state index is 11.4. The van der Waals surface area contributed by atoms with Crippen molar-refractivity contribution in [2.75, 3.05) is 19.5 Å². The van der Waals surface area contributed by atoms with E-state index < -0.39 is 6.09 Å². The number of carbonyl (C=O) groups excluding carboxylic acids is 1. The minimum Gasteiger partial charge on any atom is -0.445 e. The van der Waals surface area contributed by atoms with Crippen molar-refractivity contribution in [2.24, 2.45) is 0 Å². The number of ether oxygens (including phenoxy) is 2. The van der Waals surface area contributed by atoms with Gasteiger partial charge in [-0.3, -0.25) is 0 Å². The fourth-order valence-corrected chi connectivity index (χ4v) is 3.43. The van der Waals surface area contributed by atoms with Crippen LogP contribution in [0.2, 0.25) is 0 Å². The zero-order chi connectivity index (χ0) is 20.9. The number of carbonyl (C=O) groups is 1. The summed E-state index contributed by atoms with van der Waals surface area (Å²) in [6.07, 6.45) is -0.454. The number of alkyl carbamates (subject to hydrolysis) is 1. The average molecular weight is 401 g/mol. The van der Waals surface area contributed by atoms with E-state index in [1.807, 2.05) is 54.6 Å². The molecule has 0 atom stereocenters. The summed E-state index contributed by atoms with van der Waals surface area (Å²) < 4.78 is 10.5. The van der Waals surface area contributed by atoms with E-state index in [-0.39, 0.29) is 6.61 Å². The van der Waals surface area contributed by atoms with Gasteiger partial charge >= 0.3 is 6.09 Å². The number of aromatic nitrogens is 1. The van der Waals surface area contributed by atoms with Crippen LogP contribution < -0.4 is 10.6 Å². The van der Waals surface area contributed by atoms with E-state index in [0.717, 1.165) is 44.3 Å². The van der Waals surface area contributed by atoms with Crippen LogP contribution in [0.25, 0.3) is 21.8 Å². The zero-order valence-electron chi connectivity index (χ0n) is 16.9. The summed E-state index contributed by atoms with van der Waals surface area (Å²) in [5, 5.41) is 8.07. The van der Waals surface area contributed by atoms with Crippen molar-refractivity contribution in [3.63, 3.8) is 0 Å². The molecule has 0 unspecified atom stereocenters. The van der Waals surface area contributed by atoms with E-state index in [9.17, 15) is 4.79 Å². The molecule has 0 saturated carbocycles. The maximum atomic E-state index is 11.4. The number of para-hydroxylation sites is 1. The minimum absolute atomic E-state index is 0.199. The maximum Gasteiger partial charge on any atom is 0.407 e. The van der Waals surface area contributed by atoms with Gasteiger partial charge in [0.25, 0.3) is 0 Å². The Morgan fingerprint density at radius 3 is 2.53 bits per heavy atom. The van der Waals surface area contributed by atoms with Crippen molar-refractivity contribution in [3.05, 3.63) is 77.9 Å². The van der Waals surface area contributed by atoms with Crippen LogP contribution in [0, 0.1) is 0 Å². The normalized spacial score (nSPS) is 10.9. The number of rotatable bonds is 6. The third-order valence-corrected chi connectivity index (χ3v) is 4.83. The quantitative estimate of drug-likeness (QED) is 0.438. The highest BCUT2D eigenvalue weighted by Gasteiger charge is 2.11. The van der Waals surface area contributed by atoms with Gasteiger partial charge in [0, 0.05) is 30.6 Å². The Labute approximate surface area is 174 Å². The highest BCUT2D eigenvalue weighted by Crippen LogP contribution is 2.34. The van der Waals surface area contributed by atoms with E-state index in [0.29, 0.717) is 6.61 Å². The summed E-state index contributed by atoms with van der Waals surface area (Å²) in [6.45, 7) is 0.736. The van der Waals surface area contributed by atoms with Gasteiger partial charge < -0.3 is 20.1 Å². The van der Waals surface area contributed by atoms with Gasteiger partial charge in [0.1, 0.15) is 6.61 Å². The highest BCUT2D eigenvalue weighted by molar-refractivity contribution is 6.08. The van der Waals surface area contributed by atoms with Crippen LogP contribution in [0.5, 0.6) is 0 Å². The Bertz CT molecular complexity index is 1210. The van der Waals surface area contributed by atoms with Gasteiger partial charge in [-0.05, 0) is 41.5 Å². The molecule has 152 valence electrons. The zero-order valence-corrected chi connectivity index (χ0v) is 16.9. The van der Waals surface area contributed by atoms with Crippen molar-refractivity contribution >= 4 is 39.3 Å². The Morgan fingerprint density at radius 1 is 0.900 bits per heavy atom. The third-order valence-electron chi connectivity index (χ3n) is 4.83. The minimum atomic E-state index is -0.454. The molecular formula is C24H23N3O3. The molecule has 0 bridgehead atoms. The summed E-state index contributed by atoms with van der Waals surface area (Å²) >= 11 is 0. The summed E-state index contributed by atoms with van der Waals surface area (Å²) in [4.78, 5) is 16.2. The predicted octanol–water partition coefficient (Wildman–Crippen LogP) is 5.13. The van der Waals surface area contributed by atoms with Gasteiger partial charge in [0.2, 0.25) is 0 Å². The van der Waals surface area contributed by atoms with Gasteiger partial charge in [-0.1, -0.05) is 36.4 Å². The molecule has 4 aromatic rings. The Balaban J connectivity index is 1.76. The first-order chi connectivity index (χ1) is 14.7. The molecule has 0 fully saturated rings. The number of anilines is 2. The number of pyridine rings is 1. The fraction of sp³-hybridized carbons (Fsp3) is 0.167. The number of benzene rings is 3. The molecule has 0 saturated heterocycles. The standard InChI is InChI=1S/C24H23N3O3/c1-25-24(28)30-15-16-6-5-7-18(12-16)26-23-19-8-3-4-9-21(19)27-22-11-10-17(14-29-2)13-20(22)23/h3-13H,14-15H2,1-2H3,(H,25,28)(H,26,27). The van der Waals surface area contributed by atoms with Gasteiger partial charge in [-0.15, -0.1) is 0 Å². The van der Waals surface area contributed by atoms with Crippen LogP contribution in [0.15, 0.2) is 66.7 Å². The second kappa shape index (κ2) is 8.80. The lowest BCUT2D eigenvalue weighted by atomic mass is 10.0. The molecule has 0 radical (unpaired) electrons. The Morgan fingerprint density at radius 2 is 1.70 bits per heavy atom. The third kappa shape index (κ3) is 4.18. The summed E-state index contributed by atoms with van der Waals surface area (Å²) in [6, 6.07) is 22.1. The van der Waals surface area contributed by atoms with E-state index in [4.69, 9.17) is 14.5 Å². The van der Waals surface area contributed by atoms with Gasteiger partial charge in [0.15, 0.2) is 0 Å². The van der Waals surface area contributed by atoms with Crippen LogP contribution in [0.1, 0.15) is 11.1 Å². The predicted molar refractivity (Wildman–Crippen MR) is 119 cm³/mol. The molecule has 4 rings (SSSR count). The molecule has 0 aliphatic heterocycles. The molecule has 0 spiro atoms. The lowest BCUT2D eigenvalue weighted by Gasteiger charge is -2.15. The monoisotopic (exact) mass is 401 g/mol. The smallest absolute Gasteiger partial charge is 0.407 e. The van der Waals surface area contributed by atoms with Crippen molar-refractivity contribution in [1.82, 2.24) is 10.3 Å². The molecule has 6 nitrogen and oxygen atoms in total. The van der Waals surface area contributed by atoms with Crippen molar-refractivity contribution in [1.29, 1.82) is 0 Å². The largest absolute Gasteiger partial charge is 0.445 e. The molecule has 6 heteroatoms. The average Bonchev–Trinajstić information content (AvgIpc) is 2.78. The number of methoxy groups -OCH3 is 1. The van der Waals surface area contributed by atoms with E-state index >= 15 is 0 Å². The van der Waals surface area contributed by atoms with Crippen molar-refractivity contribution in [2.45, 2.75) is 13.2 Å². The fourth-order valence-electron chi connectivity index (χ4n) is 3.43. The van der Waals surface area contributed by atoms with Gasteiger partial charge in [0.05, 0.1) is 23.3 Å². The van der Waals surface area contributed by atoms with Crippen LogP contribution in [0.4, 0.5) is 16.2 Å². The number of fused-ring (bicyclic) bond motifs is 2. The van der Waals surface area contributed by atoms with E-state index in [1.165, 1.54) is 7.05 Å². The van der Waals surface area contributed by atoms with Gasteiger partial charge in [-0.25, -0.2) is 9.78 Å². The van der Waals surface area contributed by atoms with Gasteiger partial charge in [-0.2, -0.15) is 0 Å². The van der Waals surface area contributed by atoms with Crippen LogP contribution in [-0.4, -0.2) is 25.2 Å². The molecule has 0 aliphatic carbocycles. The summed E-state index contributed by atoms with van der Waals surface area (Å²) in [7, 11) is 3.23. The molecule has 1 heterocycles. The second-order valence-corrected chi connectivity index (χ2v) is 6.94. The van der Waals surface area contributed by atoms with Crippen LogP contribution in [0.3, 0.4) is 0 Å². The number of hydrogen-bond acceptors (Lipinski definition) is 5. The van der Waals surface area contributed by atoms with Crippen LogP contribution >= 0.6 is 0 Å². The lowest BCUT2D eigenvalue weighted by molar-refractivity contribution is 0.142. The first-order valence-corrected chi connectivity index (χ1v) is 9.68. The first-order valence-electron chi connectivity index (χ1n) is 9.68. The number of nitrogens with zero attached hydrogens (tertiary/aromatic N) is 1. The Kier molecular flexibility index (Phi) is 5.77. The number of nitrogens with one attached hydrogen (secondary N) is 2. The van der Waals surface area contributed by atoms with Crippen LogP contribution in [-0.2, 0) is 22.7 Å². The van der Waals surface area contributed by atoms with E-state index in [2.05, 4.69) is 22.8 Å². The first kappa shape index (κ1) is 19.7. The number of hydrogen-bond donors (Lipinski definition) is 2. The molecule has 3 aromatic carbocycles. The molecule has 0 aliphatic rings. The topological polar surface area (TPSA) is 72.5 Å². The van der Waals surface area contributed by atoms with E-state index in [1.54, 1.807) is 7.11 Å². The summed E-state index contributed by atoms with van der Waals surface area (Å²) in [5.41, 5.74) is 5.70. The second-order valence-electron chi connectivity index (χ2n) is 6.94. The molecule has 1 amide bonds. The Hall–Kier alpha value is -3.64.